The van der Waals surface area contributed by atoms with Gasteiger partial charge in [0.05, 0.1) is 13.2 Å². The fourth-order valence-electron chi connectivity index (χ4n) is 6.37. The van der Waals surface area contributed by atoms with Crippen molar-refractivity contribution in [3.05, 3.63) is 60.8 Å². The first-order valence-electron chi connectivity index (χ1n) is 22.9. The zero-order chi connectivity index (χ0) is 38.4. The van der Waals surface area contributed by atoms with Gasteiger partial charge < -0.3 is 14.6 Å². The van der Waals surface area contributed by atoms with Crippen LogP contribution in [-0.2, 0) is 14.3 Å². The molecule has 0 aromatic carbocycles. The predicted octanol–water partition coefficient (Wildman–Crippen LogP) is 15.2. The Balaban J connectivity index is 3.47. The molecule has 0 aliphatic carbocycles. The Kier molecular flexibility index (Phi) is 44.6. The van der Waals surface area contributed by atoms with Crippen LogP contribution in [0.5, 0.6) is 0 Å². The minimum atomic E-state index is -0.545. The number of unbranched alkanes of at least 4 members (excludes halogenated alkanes) is 24. The average molecular weight is 741 g/mol. The summed E-state index contributed by atoms with van der Waals surface area (Å²) < 4.78 is 11.2. The monoisotopic (exact) mass is 741 g/mol. The first kappa shape index (κ1) is 51.1. The molecule has 0 fully saturated rings. The van der Waals surface area contributed by atoms with Gasteiger partial charge in [-0.3, -0.25) is 4.79 Å². The Bertz CT molecular complexity index is 870. The van der Waals surface area contributed by atoms with Crippen LogP contribution in [-0.4, -0.2) is 37.0 Å². The molecule has 0 amide bonds. The zero-order valence-corrected chi connectivity index (χ0v) is 35.3. The normalized spacial score (nSPS) is 12.9. The first-order chi connectivity index (χ1) is 26.2. The average Bonchev–Trinajstić information content (AvgIpc) is 3.16. The van der Waals surface area contributed by atoms with Crippen LogP contribution in [0, 0.1) is 0 Å². The van der Waals surface area contributed by atoms with Gasteiger partial charge in [-0.15, -0.1) is 0 Å². The third-order valence-electron chi connectivity index (χ3n) is 9.82. The second kappa shape index (κ2) is 46.2. The molecular formula is C49H88O4. The lowest BCUT2D eigenvalue weighted by Gasteiger charge is -2.15. The molecule has 0 bridgehead atoms. The van der Waals surface area contributed by atoms with Crippen molar-refractivity contribution in [2.45, 2.75) is 225 Å². The number of carbonyl (C=O) groups is 1. The second-order valence-corrected chi connectivity index (χ2v) is 15.1. The largest absolute Gasteiger partial charge is 0.457 e. The van der Waals surface area contributed by atoms with Crippen molar-refractivity contribution in [1.82, 2.24) is 0 Å². The molecule has 53 heavy (non-hydrogen) atoms. The molecule has 4 heteroatoms. The Labute approximate surface area is 330 Å². The summed E-state index contributed by atoms with van der Waals surface area (Å²) in [7, 11) is 0. The molecule has 0 radical (unpaired) electrons. The van der Waals surface area contributed by atoms with E-state index in [-0.39, 0.29) is 19.2 Å². The summed E-state index contributed by atoms with van der Waals surface area (Å²) in [6.45, 7) is 5.30. The molecular weight excluding hydrogens is 653 g/mol. The van der Waals surface area contributed by atoms with Crippen molar-refractivity contribution in [3.8, 4) is 0 Å². The van der Waals surface area contributed by atoms with E-state index in [9.17, 15) is 9.90 Å². The number of allylic oxidation sites excluding steroid dienone is 10. The molecule has 1 N–H and O–H groups in total. The highest BCUT2D eigenvalue weighted by Crippen LogP contribution is 2.13. The van der Waals surface area contributed by atoms with Crippen molar-refractivity contribution in [1.29, 1.82) is 0 Å². The predicted molar refractivity (Wildman–Crippen MR) is 233 cm³/mol. The molecule has 1 atom stereocenters. The maximum atomic E-state index is 12.2. The number of carbonyl (C=O) groups excluding carboxylic acids is 1. The van der Waals surface area contributed by atoms with Crippen LogP contribution in [0.2, 0.25) is 0 Å². The van der Waals surface area contributed by atoms with Gasteiger partial charge in [-0.25, -0.2) is 0 Å². The Morgan fingerprint density at radius 1 is 0.453 bits per heavy atom. The van der Waals surface area contributed by atoms with Gasteiger partial charge >= 0.3 is 5.97 Å². The van der Waals surface area contributed by atoms with Crippen LogP contribution in [0.3, 0.4) is 0 Å². The van der Waals surface area contributed by atoms with E-state index in [2.05, 4.69) is 74.6 Å². The Morgan fingerprint density at radius 2 is 0.792 bits per heavy atom. The molecule has 308 valence electrons. The van der Waals surface area contributed by atoms with Gasteiger partial charge in [0.25, 0.3) is 0 Å². The van der Waals surface area contributed by atoms with Gasteiger partial charge in [0.1, 0.15) is 6.10 Å². The van der Waals surface area contributed by atoms with Crippen LogP contribution in [0.4, 0.5) is 0 Å². The highest BCUT2D eigenvalue weighted by atomic mass is 16.6. The van der Waals surface area contributed by atoms with E-state index in [1.807, 2.05) is 0 Å². The minimum Gasteiger partial charge on any atom is -0.457 e. The highest BCUT2D eigenvalue weighted by Gasteiger charge is 2.13. The molecule has 0 saturated carbocycles. The number of hydrogen-bond acceptors (Lipinski definition) is 4. The third-order valence-corrected chi connectivity index (χ3v) is 9.82. The Hall–Kier alpha value is -1.91. The maximum absolute atomic E-state index is 12.2. The minimum absolute atomic E-state index is 0.180. The SMILES string of the molecule is CCCCC/C=C\C/C=C\CCCCCCCCCCCCOCC(CO)OC(=O)CCCCCCCC/C=C\C/C=C\C/C=C\CCCCCCC. The molecule has 0 rings (SSSR count). The smallest absolute Gasteiger partial charge is 0.306 e. The van der Waals surface area contributed by atoms with E-state index >= 15 is 0 Å². The van der Waals surface area contributed by atoms with Crippen LogP contribution in [0.15, 0.2) is 60.8 Å². The number of rotatable bonds is 42. The van der Waals surface area contributed by atoms with Crippen LogP contribution < -0.4 is 0 Å². The van der Waals surface area contributed by atoms with Gasteiger partial charge in [-0.05, 0) is 83.5 Å². The first-order valence-corrected chi connectivity index (χ1v) is 22.9. The summed E-state index contributed by atoms with van der Waals surface area (Å²) in [4.78, 5) is 12.2. The van der Waals surface area contributed by atoms with Crippen molar-refractivity contribution in [3.63, 3.8) is 0 Å². The zero-order valence-electron chi connectivity index (χ0n) is 35.3. The van der Waals surface area contributed by atoms with E-state index in [1.165, 1.54) is 148 Å². The third kappa shape index (κ3) is 44.4. The van der Waals surface area contributed by atoms with E-state index in [0.717, 1.165) is 51.4 Å². The number of ether oxygens (including phenoxy) is 2. The molecule has 0 aliphatic heterocycles. The van der Waals surface area contributed by atoms with E-state index < -0.39 is 6.10 Å². The summed E-state index contributed by atoms with van der Waals surface area (Å²) in [5.41, 5.74) is 0. The summed E-state index contributed by atoms with van der Waals surface area (Å²) in [5.74, 6) is -0.214. The highest BCUT2D eigenvalue weighted by molar-refractivity contribution is 5.69. The number of hydrogen-bond donors (Lipinski definition) is 1. The molecule has 1 unspecified atom stereocenters. The van der Waals surface area contributed by atoms with Gasteiger partial charge in [0, 0.05) is 13.0 Å². The summed E-state index contributed by atoms with van der Waals surface area (Å²) in [6.07, 6.45) is 61.4. The molecule has 0 aromatic heterocycles. The summed E-state index contributed by atoms with van der Waals surface area (Å²) in [6, 6.07) is 0. The molecule has 0 spiro atoms. The van der Waals surface area contributed by atoms with E-state index in [4.69, 9.17) is 9.47 Å². The molecule has 0 aromatic rings. The standard InChI is InChI=1S/C49H88O4/c1-3-5-7-9-11-13-15-17-19-21-23-25-26-28-30-32-34-36-38-40-42-44-49(51)53-48(46-50)47-52-45-43-41-39-37-35-33-31-29-27-24-22-20-18-16-14-12-10-8-6-4-2/h12,14-15,17-18,20-21,23,26,28,48,50H,3-11,13,16,19,22,24-25,27,29-47H2,1-2H3/b14-12-,17-15-,20-18-,23-21-,28-26-. The lowest BCUT2D eigenvalue weighted by molar-refractivity contribution is -0.154. The number of aliphatic hydroxyl groups is 1. The van der Waals surface area contributed by atoms with Crippen molar-refractivity contribution >= 4 is 5.97 Å². The van der Waals surface area contributed by atoms with Crippen LogP contribution in [0.1, 0.15) is 219 Å². The molecule has 0 aliphatic rings. The van der Waals surface area contributed by atoms with E-state index in [1.54, 1.807) is 0 Å². The topological polar surface area (TPSA) is 55.8 Å². The lowest BCUT2D eigenvalue weighted by Crippen LogP contribution is -2.27. The summed E-state index contributed by atoms with van der Waals surface area (Å²) >= 11 is 0. The second-order valence-electron chi connectivity index (χ2n) is 15.1. The molecule has 0 heterocycles. The Morgan fingerprint density at radius 3 is 1.23 bits per heavy atom. The quantitative estimate of drug-likeness (QED) is 0.0385. The van der Waals surface area contributed by atoms with Crippen molar-refractivity contribution in [2.75, 3.05) is 19.8 Å². The van der Waals surface area contributed by atoms with Crippen molar-refractivity contribution < 1.29 is 19.4 Å². The van der Waals surface area contributed by atoms with Gasteiger partial charge in [0.2, 0.25) is 0 Å². The fraction of sp³-hybridized carbons (Fsp3) is 0.776. The molecule has 4 nitrogen and oxygen atoms in total. The number of esters is 1. The fourth-order valence-corrected chi connectivity index (χ4v) is 6.37. The molecule has 0 saturated heterocycles. The van der Waals surface area contributed by atoms with Crippen LogP contribution in [0.25, 0.3) is 0 Å². The van der Waals surface area contributed by atoms with Crippen LogP contribution >= 0.6 is 0 Å². The lowest BCUT2D eigenvalue weighted by atomic mass is 10.1. The van der Waals surface area contributed by atoms with Gasteiger partial charge in [0.15, 0.2) is 0 Å². The number of aliphatic hydroxyl groups excluding tert-OH is 1. The summed E-state index contributed by atoms with van der Waals surface area (Å²) in [5, 5.41) is 9.62. The van der Waals surface area contributed by atoms with Gasteiger partial charge in [-0.1, -0.05) is 190 Å². The van der Waals surface area contributed by atoms with E-state index in [0.29, 0.717) is 13.0 Å². The van der Waals surface area contributed by atoms with Crippen molar-refractivity contribution in [2.24, 2.45) is 0 Å². The maximum Gasteiger partial charge on any atom is 0.306 e. The van der Waals surface area contributed by atoms with Gasteiger partial charge in [-0.2, -0.15) is 0 Å².